The first kappa shape index (κ1) is 21.3. The number of hydrogen-bond acceptors (Lipinski definition) is 6. The smallest absolute Gasteiger partial charge is 0.240 e. The molecule has 1 aromatic carbocycles. The second-order valence-corrected chi connectivity index (χ2v) is 9.60. The topological polar surface area (TPSA) is 102 Å². The molecule has 2 N–H and O–H groups in total. The monoisotopic (exact) mass is 398 g/mol. The van der Waals surface area contributed by atoms with E-state index < -0.39 is 25.4 Å². The third-order valence-corrected chi connectivity index (χ3v) is 6.41. The zero-order valence-corrected chi connectivity index (χ0v) is 16.1. The summed E-state index contributed by atoms with van der Waals surface area (Å²) in [5, 5.41) is 3.28. The lowest BCUT2D eigenvalue weighted by Gasteiger charge is -2.28. The van der Waals surface area contributed by atoms with Gasteiger partial charge in [-0.25, -0.2) is 21.6 Å². The molecule has 7 nitrogen and oxygen atoms in total. The highest BCUT2D eigenvalue weighted by Gasteiger charge is 2.34. The second-order valence-electron chi connectivity index (χ2n) is 5.82. The number of benzene rings is 1. The molecule has 0 spiro atoms. The van der Waals surface area contributed by atoms with Crippen LogP contribution in [0.1, 0.15) is 12.8 Å². The van der Waals surface area contributed by atoms with Crippen LogP contribution >= 0.6 is 12.4 Å². The molecule has 24 heavy (non-hydrogen) atoms. The van der Waals surface area contributed by atoms with Gasteiger partial charge in [0.15, 0.2) is 9.84 Å². The van der Waals surface area contributed by atoms with E-state index in [2.05, 4.69) is 10.0 Å². The fraction of sp³-hybridized carbons (Fsp3) is 0.571. The van der Waals surface area contributed by atoms with Gasteiger partial charge >= 0.3 is 0 Å². The van der Waals surface area contributed by atoms with Crippen LogP contribution in [0.5, 0.6) is 0 Å². The average Bonchev–Trinajstić information content (AvgIpc) is 2.94. The van der Waals surface area contributed by atoms with Gasteiger partial charge in [-0.05, 0) is 37.6 Å². The van der Waals surface area contributed by atoms with Gasteiger partial charge in [0.25, 0.3) is 0 Å². The number of methoxy groups -OCH3 is 1. The third-order valence-electron chi connectivity index (χ3n) is 3.90. The molecule has 0 aliphatic carbocycles. The molecule has 1 aromatic rings. The summed E-state index contributed by atoms with van der Waals surface area (Å²) in [4.78, 5) is -0.0861. The van der Waals surface area contributed by atoms with Gasteiger partial charge in [-0.15, -0.1) is 12.4 Å². The van der Waals surface area contributed by atoms with Crippen molar-refractivity contribution in [2.45, 2.75) is 28.2 Å². The average molecular weight is 399 g/mol. The van der Waals surface area contributed by atoms with Crippen LogP contribution in [0.25, 0.3) is 0 Å². The summed E-state index contributed by atoms with van der Waals surface area (Å²) in [6, 6.07) is 5.34. The predicted octanol–water partition coefficient (Wildman–Crippen LogP) is 0.559. The maximum Gasteiger partial charge on any atom is 0.240 e. The van der Waals surface area contributed by atoms with E-state index in [1.165, 1.54) is 24.3 Å². The Bertz CT molecular complexity index is 759. The largest absolute Gasteiger partial charge is 0.383 e. The molecule has 138 valence electrons. The molecule has 1 heterocycles. The van der Waals surface area contributed by atoms with Crippen molar-refractivity contribution < 1.29 is 21.6 Å². The Morgan fingerprint density at radius 1 is 1.25 bits per heavy atom. The molecule has 1 fully saturated rings. The standard InChI is InChI=1S/C14H22N2O5S2.ClH/c1-21-11-14(7-4-8-15-14)10-16-23(19,20)13-6-3-5-12(9-13)22(2,17)18;/h3,5-6,9,15-16H,4,7-8,10-11H2,1-2H3;1H. The molecular formula is C14H23ClN2O5S2. The zero-order chi connectivity index (χ0) is 17.1. The van der Waals surface area contributed by atoms with Crippen molar-refractivity contribution in [1.29, 1.82) is 0 Å². The third kappa shape index (κ3) is 5.14. The van der Waals surface area contributed by atoms with E-state index in [0.29, 0.717) is 6.61 Å². The van der Waals surface area contributed by atoms with Crippen molar-refractivity contribution in [3.05, 3.63) is 24.3 Å². The van der Waals surface area contributed by atoms with E-state index in [1.807, 2.05) is 0 Å². The summed E-state index contributed by atoms with van der Waals surface area (Å²) in [5.41, 5.74) is -0.420. The van der Waals surface area contributed by atoms with Crippen molar-refractivity contribution in [2.24, 2.45) is 0 Å². The van der Waals surface area contributed by atoms with Gasteiger partial charge in [-0.2, -0.15) is 0 Å². The molecule has 2 rings (SSSR count). The molecule has 1 saturated heterocycles. The van der Waals surface area contributed by atoms with Gasteiger partial charge in [0, 0.05) is 19.9 Å². The number of halogens is 1. The quantitative estimate of drug-likeness (QED) is 0.695. The van der Waals surface area contributed by atoms with E-state index >= 15 is 0 Å². The number of hydrogen-bond donors (Lipinski definition) is 2. The van der Waals surface area contributed by atoms with E-state index in [4.69, 9.17) is 4.74 Å². The number of ether oxygens (including phenoxy) is 1. The molecule has 10 heteroatoms. The molecule has 0 amide bonds. The van der Waals surface area contributed by atoms with Crippen LogP contribution in [0.15, 0.2) is 34.1 Å². The summed E-state index contributed by atoms with van der Waals surface area (Å²) < 4.78 is 55.8. The van der Waals surface area contributed by atoms with Gasteiger partial charge in [-0.3, -0.25) is 0 Å². The van der Waals surface area contributed by atoms with Gasteiger partial charge in [-0.1, -0.05) is 6.07 Å². The normalized spacial score (nSPS) is 21.4. The minimum atomic E-state index is -3.80. The highest BCUT2D eigenvalue weighted by molar-refractivity contribution is 7.91. The van der Waals surface area contributed by atoms with Crippen LogP contribution in [-0.4, -0.2) is 55.4 Å². The Balaban J connectivity index is 0.00000288. The second kappa shape index (κ2) is 8.11. The van der Waals surface area contributed by atoms with E-state index in [1.54, 1.807) is 7.11 Å². The van der Waals surface area contributed by atoms with Crippen LogP contribution in [0.3, 0.4) is 0 Å². The molecular weight excluding hydrogens is 376 g/mol. The van der Waals surface area contributed by atoms with E-state index in [9.17, 15) is 16.8 Å². The van der Waals surface area contributed by atoms with Crippen molar-refractivity contribution in [3.63, 3.8) is 0 Å². The first-order valence-corrected chi connectivity index (χ1v) is 10.6. The van der Waals surface area contributed by atoms with E-state index in [0.717, 1.165) is 25.6 Å². The van der Waals surface area contributed by atoms with Crippen LogP contribution in [0, 0.1) is 0 Å². The summed E-state index contributed by atoms with van der Waals surface area (Å²) in [6.07, 6.45) is 2.81. The summed E-state index contributed by atoms with van der Waals surface area (Å²) in [6.45, 7) is 1.40. The molecule has 0 radical (unpaired) electrons. The number of sulfone groups is 1. The SMILES string of the molecule is COCC1(CNS(=O)(=O)c2cccc(S(C)(=O)=O)c2)CCCN1.Cl. The molecule has 1 atom stereocenters. The van der Waals surface area contributed by atoms with Crippen LogP contribution in [-0.2, 0) is 24.6 Å². The van der Waals surface area contributed by atoms with Crippen molar-refractivity contribution in [1.82, 2.24) is 10.0 Å². The highest BCUT2D eigenvalue weighted by Crippen LogP contribution is 2.21. The molecule has 1 aliphatic heterocycles. The van der Waals surface area contributed by atoms with Crippen molar-refractivity contribution >= 4 is 32.3 Å². The van der Waals surface area contributed by atoms with Gasteiger partial charge in [0.05, 0.1) is 21.9 Å². The summed E-state index contributed by atoms with van der Waals surface area (Å²) in [5.74, 6) is 0. The Kier molecular flexibility index (Phi) is 7.21. The molecule has 0 saturated carbocycles. The lowest BCUT2D eigenvalue weighted by molar-refractivity contribution is 0.122. The van der Waals surface area contributed by atoms with Crippen LogP contribution in [0.2, 0.25) is 0 Å². The zero-order valence-electron chi connectivity index (χ0n) is 13.6. The Morgan fingerprint density at radius 2 is 1.92 bits per heavy atom. The van der Waals surface area contributed by atoms with E-state index in [-0.39, 0.29) is 28.7 Å². The van der Waals surface area contributed by atoms with Crippen molar-refractivity contribution in [2.75, 3.05) is 33.1 Å². The lowest BCUT2D eigenvalue weighted by Crippen LogP contribution is -2.52. The fourth-order valence-corrected chi connectivity index (χ4v) is 4.57. The maximum absolute atomic E-state index is 12.4. The first-order valence-electron chi connectivity index (χ1n) is 7.22. The number of rotatable bonds is 7. The van der Waals surface area contributed by atoms with Crippen LogP contribution in [0.4, 0.5) is 0 Å². The summed E-state index contributed by atoms with van der Waals surface area (Å²) in [7, 11) is -5.68. The Hall–Kier alpha value is -0.710. The molecule has 0 bridgehead atoms. The molecule has 1 unspecified atom stereocenters. The maximum atomic E-state index is 12.4. The predicted molar refractivity (Wildman–Crippen MR) is 93.8 cm³/mol. The molecule has 0 aromatic heterocycles. The Labute approximate surface area is 149 Å². The van der Waals surface area contributed by atoms with Gasteiger partial charge in [0.1, 0.15) is 0 Å². The minimum absolute atomic E-state index is 0. The Morgan fingerprint density at radius 3 is 2.46 bits per heavy atom. The minimum Gasteiger partial charge on any atom is -0.383 e. The fourth-order valence-electron chi connectivity index (χ4n) is 2.66. The van der Waals surface area contributed by atoms with Gasteiger partial charge < -0.3 is 10.1 Å². The lowest BCUT2D eigenvalue weighted by atomic mass is 9.99. The summed E-state index contributed by atoms with van der Waals surface area (Å²) >= 11 is 0. The first-order chi connectivity index (χ1) is 10.7. The number of nitrogens with one attached hydrogen (secondary N) is 2. The van der Waals surface area contributed by atoms with Crippen molar-refractivity contribution in [3.8, 4) is 0 Å². The number of sulfonamides is 1. The molecule has 1 aliphatic rings. The highest BCUT2D eigenvalue weighted by atomic mass is 35.5. The van der Waals surface area contributed by atoms with Crippen LogP contribution < -0.4 is 10.0 Å². The van der Waals surface area contributed by atoms with Gasteiger partial charge in [0.2, 0.25) is 10.0 Å².